The Labute approximate surface area is 104 Å². The molecule has 17 heavy (non-hydrogen) atoms. The molecule has 0 atom stereocenters. The Morgan fingerprint density at radius 2 is 1.94 bits per heavy atom. The molecule has 1 fully saturated rings. The van der Waals surface area contributed by atoms with E-state index in [-0.39, 0.29) is 0 Å². The monoisotopic (exact) mass is 233 g/mol. The third-order valence-electron chi connectivity index (χ3n) is 3.85. The number of nitrogens with zero attached hydrogens (tertiary/aromatic N) is 1. The van der Waals surface area contributed by atoms with E-state index in [1.807, 2.05) is 6.07 Å². The highest BCUT2D eigenvalue weighted by molar-refractivity contribution is 5.35. The van der Waals surface area contributed by atoms with Gasteiger partial charge in [0.25, 0.3) is 0 Å². The molecule has 94 valence electrons. The van der Waals surface area contributed by atoms with E-state index in [4.69, 9.17) is 0 Å². The highest BCUT2D eigenvalue weighted by atomic mass is 16.3. The van der Waals surface area contributed by atoms with Crippen molar-refractivity contribution < 1.29 is 5.11 Å². The molecule has 2 nitrogen and oxygen atoms in total. The van der Waals surface area contributed by atoms with Crippen LogP contribution in [0.2, 0.25) is 0 Å². The topological polar surface area (TPSA) is 23.5 Å². The first-order valence-electron chi connectivity index (χ1n) is 6.65. The molecule has 0 bridgehead atoms. The van der Waals surface area contributed by atoms with Gasteiger partial charge in [-0.1, -0.05) is 37.0 Å². The van der Waals surface area contributed by atoms with Crippen LogP contribution in [-0.4, -0.2) is 23.1 Å². The van der Waals surface area contributed by atoms with Gasteiger partial charge in [0.1, 0.15) is 5.75 Å². The number of aryl methyl sites for hydroxylation is 1. The summed E-state index contributed by atoms with van der Waals surface area (Å²) in [6, 6.07) is 6.55. The molecule has 0 saturated heterocycles. The molecule has 0 amide bonds. The molecule has 0 heterocycles. The maximum Gasteiger partial charge on any atom is 0.120 e. The minimum atomic E-state index is 0.429. The predicted octanol–water partition coefficient (Wildman–Crippen LogP) is 3.47. The quantitative estimate of drug-likeness (QED) is 0.864. The van der Waals surface area contributed by atoms with Crippen LogP contribution in [0.25, 0.3) is 0 Å². The second kappa shape index (κ2) is 5.54. The van der Waals surface area contributed by atoms with Crippen LogP contribution in [0.3, 0.4) is 0 Å². The molecule has 1 aromatic rings. The van der Waals surface area contributed by atoms with Crippen LogP contribution in [0.5, 0.6) is 5.75 Å². The van der Waals surface area contributed by atoms with Crippen molar-refractivity contribution in [2.45, 2.75) is 51.6 Å². The van der Waals surface area contributed by atoms with Crippen LogP contribution >= 0.6 is 0 Å². The van der Waals surface area contributed by atoms with Gasteiger partial charge in [0.05, 0.1) is 0 Å². The van der Waals surface area contributed by atoms with Crippen molar-refractivity contribution in [3.05, 3.63) is 29.3 Å². The third kappa shape index (κ3) is 3.22. The average molecular weight is 233 g/mol. The Balaban J connectivity index is 2.01. The number of phenolic OH excluding ortho intramolecular Hbond substituents is 1. The van der Waals surface area contributed by atoms with E-state index in [0.717, 1.165) is 12.1 Å². The van der Waals surface area contributed by atoms with Crippen LogP contribution in [-0.2, 0) is 6.54 Å². The van der Waals surface area contributed by atoms with Crippen molar-refractivity contribution in [1.29, 1.82) is 0 Å². The fourth-order valence-corrected chi connectivity index (χ4v) is 2.76. The fourth-order valence-electron chi connectivity index (χ4n) is 2.76. The largest absolute Gasteiger partial charge is 0.508 e. The summed E-state index contributed by atoms with van der Waals surface area (Å²) in [5, 5.41) is 9.86. The molecule has 1 N–H and O–H groups in total. The van der Waals surface area contributed by atoms with Crippen molar-refractivity contribution >= 4 is 0 Å². The lowest BCUT2D eigenvalue weighted by Gasteiger charge is -2.31. The van der Waals surface area contributed by atoms with Crippen molar-refractivity contribution in [1.82, 2.24) is 4.90 Å². The van der Waals surface area contributed by atoms with E-state index in [1.54, 1.807) is 6.07 Å². The zero-order valence-corrected chi connectivity index (χ0v) is 10.9. The second-order valence-corrected chi connectivity index (χ2v) is 5.34. The highest BCUT2D eigenvalue weighted by Gasteiger charge is 2.18. The van der Waals surface area contributed by atoms with E-state index in [0.29, 0.717) is 11.8 Å². The summed E-state index contributed by atoms with van der Waals surface area (Å²) in [7, 11) is 2.18. The van der Waals surface area contributed by atoms with Gasteiger partial charge in [-0.25, -0.2) is 0 Å². The summed E-state index contributed by atoms with van der Waals surface area (Å²) >= 11 is 0. The lowest BCUT2D eigenvalue weighted by atomic mass is 9.94. The van der Waals surface area contributed by atoms with Gasteiger partial charge in [0.15, 0.2) is 0 Å². The molecule has 1 aliphatic carbocycles. The molecule has 0 unspecified atom stereocenters. The molecule has 2 rings (SSSR count). The molecule has 0 radical (unpaired) electrons. The Bertz CT molecular complexity index is 369. The summed E-state index contributed by atoms with van der Waals surface area (Å²) < 4.78 is 0. The first-order chi connectivity index (χ1) is 8.16. The summed E-state index contributed by atoms with van der Waals surface area (Å²) in [5.74, 6) is 0.429. The van der Waals surface area contributed by atoms with Crippen LogP contribution in [0.15, 0.2) is 18.2 Å². The normalized spacial score (nSPS) is 17.6. The Hall–Kier alpha value is -1.02. The minimum Gasteiger partial charge on any atom is -0.508 e. The van der Waals surface area contributed by atoms with E-state index < -0.39 is 0 Å². The second-order valence-electron chi connectivity index (χ2n) is 5.34. The number of phenols is 1. The molecule has 2 heteroatoms. The van der Waals surface area contributed by atoms with Crippen molar-refractivity contribution in [3.63, 3.8) is 0 Å². The van der Waals surface area contributed by atoms with Crippen LogP contribution in [0, 0.1) is 6.92 Å². The number of hydrogen-bond donors (Lipinski definition) is 1. The van der Waals surface area contributed by atoms with E-state index >= 15 is 0 Å². The highest BCUT2D eigenvalue weighted by Crippen LogP contribution is 2.25. The Kier molecular flexibility index (Phi) is 4.06. The Morgan fingerprint density at radius 1 is 1.24 bits per heavy atom. The molecule has 1 aliphatic rings. The summed E-state index contributed by atoms with van der Waals surface area (Å²) in [4.78, 5) is 2.40. The van der Waals surface area contributed by atoms with Crippen LogP contribution < -0.4 is 0 Å². The molecular weight excluding hydrogens is 210 g/mol. The van der Waals surface area contributed by atoms with Crippen LogP contribution in [0.1, 0.15) is 43.2 Å². The van der Waals surface area contributed by atoms with Gasteiger partial charge in [0.2, 0.25) is 0 Å². The molecule has 0 spiro atoms. The lowest BCUT2D eigenvalue weighted by molar-refractivity contribution is 0.183. The SMILES string of the molecule is Cc1ccc(O)c(CN(C)C2CCCCC2)c1. The van der Waals surface area contributed by atoms with Crippen molar-refractivity contribution in [2.75, 3.05) is 7.05 Å². The van der Waals surface area contributed by atoms with Crippen LogP contribution in [0.4, 0.5) is 0 Å². The molecule has 0 aromatic heterocycles. The molecule has 0 aliphatic heterocycles. The standard InChI is InChI=1S/C15H23NO/c1-12-8-9-15(17)13(10-12)11-16(2)14-6-4-3-5-7-14/h8-10,14,17H,3-7,11H2,1-2H3. The maximum absolute atomic E-state index is 9.86. The third-order valence-corrected chi connectivity index (χ3v) is 3.85. The number of aromatic hydroxyl groups is 1. The van der Waals surface area contributed by atoms with Crippen molar-refractivity contribution in [2.24, 2.45) is 0 Å². The van der Waals surface area contributed by atoms with Gasteiger partial charge in [-0.2, -0.15) is 0 Å². The first kappa shape index (κ1) is 12.4. The Morgan fingerprint density at radius 3 is 2.65 bits per heavy atom. The summed E-state index contributed by atoms with van der Waals surface area (Å²) in [6.07, 6.45) is 6.72. The van der Waals surface area contributed by atoms with Gasteiger partial charge in [-0.3, -0.25) is 4.90 Å². The summed E-state index contributed by atoms with van der Waals surface area (Å²) in [5.41, 5.74) is 2.27. The maximum atomic E-state index is 9.86. The van der Waals surface area contributed by atoms with Crippen molar-refractivity contribution in [3.8, 4) is 5.75 Å². The molecular formula is C15H23NO. The number of benzene rings is 1. The van der Waals surface area contributed by atoms with Gasteiger partial charge < -0.3 is 5.11 Å². The minimum absolute atomic E-state index is 0.429. The van der Waals surface area contributed by atoms with Gasteiger partial charge in [-0.05, 0) is 32.9 Å². The number of hydrogen-bond acceptors (Lipinski definition) is 2. The zero-order chi connectivity index (χ0) is 12.3. The zero-order valence-electron chi connectivity index (χ0n) is 10.9. The predicted molar refractivity (Wildman–Crippen MR) is 71.2 cm³/mol. The number of rotatable bonds is 3. The van der Waals surface area contributed by atoms with Gasteiger partial charge in [-0.15, -0.1) is 0 Å². The fraction of sp³-hybridized carbons (Fsp3) is 0.600. The van der Waals surface area contributed by atoms with E-state index in [2.05, 4.69) is 24.9 Å². The average Bonchev–Trinajstić information content (AvgIpc) is 2.35. The van der Waals surface area contributed by atoms with E-state index in [1.165, 1.54) is 37.7 Å². The summed E-state index contributed by atoms with van der Waals surface area (Å²) in [6.45, 7) is 2.93. The lowest BCUT2D eigenvalue weighted by Crippen LogP contribution is -2.32. The molecule has 1 aromatic carbocycles. The molecule has 1 saturated carbocycles. The van der Waals surface area contributed by atoms with Gasteiger partial charge >= 0.3 is 0 Å². The van der Waals surface area contributed by atoms with E-state index in [9.17, 15) is 5.11 Å². The first-order valence-corrected chi connectivity index (χ1v) is 6.65. The smallest absolute Gasteiger partial charge is 0.120 e. The van der Waals surface area contributed by atoms with Gasteiger partial charge in [0, 0.05) is 18.2 Å².